The third kappa shape index (κ3) is 3.34. The molecule has 0 aliphatic carbocycles. The van der Waals surface area contributed by atoms with Crippen molar-refractivity contribution in [1.82, 2.24) is 0 Å². The summed E-state index contributed by atoms with van der Waals surface area (Å²) in [4.78, 5) is 0. The first kappa shape index (κ1) is 16.7. The second kappa shape index (κ2) is 7.23. The van der Waals surface area contributed by atoms with Gasteiger partial charge in [-0.15, -0.1) is 0 Å². The zero-order valence-corrected chi connectivity index (χ0v) is 14.0. The molecule has 1 N–H and O–H groups in total. The van der Waals surface area contributed by atoms with E-state index in [9.17, 15) is 5.11 Å². The molecule has 0 amide bonds. The first-order valence-corrected chi connectivity index (χ1v) is 8.59. The first-order chi connectivity index (χ1) is 12.3. The molecule has 0 spiro atoms. The van der Waals surface area contributed by atoms with Crippen LogP contribution in [0.1, 0.15) is 30.6 Å². The summed E-state index contributed by atoms with van der Waals surface area (Å²) in [6.07, 6.45) is -2.39. The van der Waals surface area contributed by atoms with Gasteiger partial charge in [-0.25, -0.2) is 0 Å². The molecule has 2 aliphatic rings. The molecule has 2 heterocycles. The standard InChI is InChI=1S/C20H22O5/c1-13-17-18(25-19(22-13)14-8-4-2-5-9-14)16(12-21)23-20(24-17)15-10-6-3-7-11-15/h2-11,13,16-21H,12H2,1H3. The van der Waals surface area contributed by atoms with E-state index in [2.05, 4.69) is 0 Å². The van der Waals surface area contributed by atoms with Crippen molar-refractivity contribution in [3.63, 3.8) is 0 Å². The fourth-order valence-corrected chi connectivity index (χ4v) is 3.37. The van der Waals surface area contributed by atoms with Gasteiger partial charge in [0.2, 0.25) is 0 Å². The fourth-order valence-electron chi connectivity index (χ4n) is 3.37. The Morgan fingerprint density at radius 2 is 1.24 bits per heavy atom. The monoisotopic (exact) mass is 342 g/mol. The molecule has 0 radical (unpaired) electrons. The molecule has 2 fully saturated rings. The second-order valence-corrected chi connectivity index (χ2v) is 6.38. The summed E-state index contributed by atoms with van der Waals surface area (Å²) in [6.45, 7) is 1.83. The predicted octanol–water partition coefficient (Wildman–Crippen LogP) is 2.96. The van der Waals surface area contributed by atoms with Crippen molar-refractivity contribution < 1.29 is 24.1 Å². The lowest BCUT2D eigenvalue weighted by atomic mass is 9.99. The Balaban J connectivity index is 1.56. The molecule has 2 saturated heterocycles. The second-order valence-electron chi connectivity index (χ2n) is 6.38. The number of benzene rings is 2. The number of fused-ring (bicyclic) bond motifs is 1. The SMILES string of the molecule is CC1OC(c2ccccc2)OC2C(CO)OC(c3ccccc3)OC12. The maximum atomic E-state index is 9.84. The highest BCUT2D eigenvalue weighted by molar-refractivity contribution is 5.18. The Bertz CT molecular complexity index is 677. The molecule has 4 rings (SSSR count). The smallest absolute Gasteiger partial charge is 0.184 e. The van der Waals surface area contributed by atoms with Gasteiger partial charge in [0.1, 0.15) is 18.3 Å². The zero-order chi connectivity index (χ0) is 17.2. The molecule has 6 unspecified atom stereocenters. The molecule has 5 heteroatoms. The summed E-state index contributed by atoms with van der Waals surface area (Å²) < 4.78 is 24.2. The lowest BCUT2D eigenvalue weighted by molar-refractivity contribution is -0.382. The van der Waals surface area contributed by atoms with E-state index in [1.807, 2.05) is 67.6 Å². The highest BCUT2D eigenvalue weighted by Crippen LogP contribution is 2.40. The molecule has 0 saturated carbocycles. The van der Waals surface area contributed by atoms with E-state index in [1.165, 1.54) is 0 Å². The molecule has 25 heavy (non-hydrogen) atoms. The van der Waals surface area contributed by atoms with Gasteiger partial charge in [-0.1, -0.05) is 60.7 Å². The average Bonchev–Trinajstić information content (AvgIpc) is 2.68. The van der Waals surface area contributed by atoms with Gasteiger partial charge >= 0.3 is 0 Å². The van der Waals surface area contributed by atoms with Crippen LogP contribution >= 0.6 is 0 Å². The minimum Gasteiger partial charge on any atom is -0.394 e. The average molecular weight is 342 g/mol. The molecular formula is C20H22O5. The van der Waals surface area contributed by atoms with Crippen LogP contribution in [0.25, 0.3) is 0 Å². The molecule has 2 aromatic carbocycles. The van der Waals surface area contributed by atoms with Crippen molar-refractivity contribution in [1.29, 1.82) is 0 Å². The Morgan fingerprint density at radius 3 is 1.80 bits per heavy atom. The van der Waals surface area contributed by atoms with Gasteiger partial charge in [0, 0.05) is 11.1 Å². The lowest BCUT2D eigenvalue weighted by Gasteiger charge is -2.48. The van der Waals surface area contributed by atoms with Crippen LogP contribution in [0.3, 0.4) is 0 Å². The van der Waals surface area contributed by atoms with Crippen LogP contribution in [0.2, 0.25) is 0 Å². The van der Waals surface area contributed by atoms with Crippen molar-refractivity contribution in [3.05, 3.63) is 71.8 Å². The van der Waals surface area contributed by atoms with Crippen LogP contribution in [0, 0.1) is 0 Å². The number of hydrogen-bond acceptors (Lipinski definition) is 5. The Morgan fingerprint density at radius 1 is 0.720 bits per heavy atom. The fraction of sp³-hybridized carbons (Fsp3) is 0.400. The highest BCUT2D eigenvalue weighted by Gasteiger charge is 2.48. The predicted molar refractivity (Wildman–Crippen MR) is 90.6 cm³/mol. The minimum absolute atomic E-state index is 0.137. The van der Waals surface area contributed by atoms with Gasteiger partial charge in [-0.05, 0) is 6.92 Å². The number of rotatable bonds is 3. The molecule has 0 bridgehead atoms. The first-order valence-electron chi connectivity index (χ1n) is 8.59. The Labute approximate surface area is 147 Å². The maximum Gasteiger partial charge on any atom is 0.184 e. The van der Waals surface area contributed by atoms with Crippen LogP contribution in [0.5, 0.6) is 0 Å². The third-order valence-electron chi connectivity index (χ3n) is 4.67. The highest BCUT2D eigenvalue weighted by atomic mass is 16.8. The Kier molecular flexibility index (Phi) is 4.83. The number of aliphatic hydroxyl groups is 1. The van der Waals surface area contributed by atoms with Crippen molar-refractivity contribution in [2.45, 2.75) is 43.9 Å². The topological polar surface area (TPSA) is 57.2 Å². The van der Waals surface area contributed by atoms with Gasteiger partial charge in [-0.2, -0.15) is 0 Å². The molecule has 2 aliphatic heterocycles. The molecule has 132 valence electrons. The van der Waals surface area contributed by atoms with Gasteiger partial charge in [-0.3, -0.25) is 0 Å². The molecule has 0 aromatic heterocycles. The van der Waals surface area contributed by atoms with Gasteiger partial charge in [0.25, 0.3) is 0 Å². The van der Waals surface area contributed by atoms with Crippen LogP contribution in [-0.2, 0) is 18.9 Å². The third-order valence-corrected chi connectivity index (χ3v) is 4.67. The minimum atomic E-state index is -0.539. The quantitative estimate of drug-likeness (QED) is 0.929. The largest absolute Gasteiger partial charge is 0.394 e. The number of hydrogen-bond donors (Lipinski definition) is 1. The van der Waals surface area contributed by atoms with Gasteiger partial charge in [0.15, 0.2) is 12.6 Å². The lowest BCUT2D eigenvalue weighted by Crippen LogP contribution is -2.58. The van der Waals surface area contributed by atoms with Crippen LogP contribution in [0.4, 0.5) is 0 Å². The van der Waals surface area contributed by atoms with Crippen molar-refractivity contribution >= 4 is 0 Å². The van der Waals surface area contributed by atoms with E-state index in [0.717, 1.165) is 11.1 Å². The summed E-state index contributed by atoms with van der Waals surface area (Å²) in [5.74, 6) is 0. The van der Waals surface area contributed by atoms with Crippen LogP contribution in [0.15, 0.2) is 60.7 Å². The van der Waals surface area contributed by atoms with Crippen LogP contribution < -0.4 is 0 Å². The van der Waals surface area contributed by atoms with Crippen molar-refractivity contribution in [2.75, 3.05) is 6.61 Å². The summed E-state index contributed by atoms with van der Waals surface area (Å²) in [6, 6.07) is 19.5. The number of aliphatic hydroxyl groups excluding tert-OH is 1. The van der Waals surface area contributed by atoms with Gasteiger partial charge in [0.05, 0.1) is 12.7 Å². The van der Waals surface area contributed by atoms with Crippen molar-refractivity contribution in [2.24, 2.45) is 0 Å². The molecule has 6 atom stereocenters. The summed E-state index contributed by atoms with van der Waals surface area (Å²) in [7, 11) is 0. The van der Waals surface area contributed by atoms with Gasteiger partial charge < -0.3 is 24.1 Å². The molecule has 2 aromatic rings. The van der Waals surface area contributed by atoms with E-state index in [0.29, 0.717) is 0 Å². The Hall–Kier alpha value is -1.76. The van der Waals surface area contributed by atoms with E-state index >= 15 is 0 Å². The molecular weight excluding hydrogens is 320 g/mol. The summed E-state index contributed by atoms with van der Waals surface area (Å²) in [5, 5.41) is 9.84. The number of ether oxygens (including phenoxy) is 4. The van der Waals surface area contributed by atoms with Crippen LogP contribution in [-0.4, -0.2) is 36.1 Å². The van der Waals surface area contributed by atoms with Crippen molar-refractivity contribution in [3.8, 4) is 0 Å². The summed E-state index contributed by atoms with van der Waals surface area (Å²) in [5.41, 5.74) is 1.85. The van der Waals surface area contributed by atoms with E-state index in [-0.39, 0.29) is 24.9 Å². The van der Waals surface area contributed by atoms with E-state index in [4.69, 9.17) is 18.9 Å². The maximum absolute atomic E-state index is 9.84. The zero-order valence-electron chi connectivity index (χ0n) is 14.0. The van der Waals surface area contributed by atoms with E-state index in [1.54, 1.807) is 0 Å². The van der Waals surface area contributed by atoms with E-state index < -0.39 is 18.7 Å². The summed E-state index contributed by atoms with van der Waals surface area (Å²) >= 11 is 0. The molecule has 5 nitrogen and oxygen atoms in total. The normalized spacial score (nSPS) is 35.1.